The van der Waals surface area contributed by atoms with E-state index < -0.39 is 51.2 Å². The van der Waals surface area contributed by atoms with Crippen LogP contribution in [0.4, 0.5) is 23.7 Å². The fourth-order valence-corrected chi connectivity index (χ4v) is 4.12. The van der Waals surface area contributed by atoms with Crippen molar-refractivity contribution in [1.29, 1.82) is 0 Å². The molecule has 2 aromatic carbocycles. The van der Waals surface area contributed by atoms with E-state index >= 15 is 0 Å². The number of nitrogens with one attached hydrogen (secondary N) is 2. The minimum atomic E-state index is -4.69. The number of amides is 3. The average molecular weight is 499 g/mol. The van der Waals surface area contributed by atoms with Crippen LogP contribution < -0.4 is 14.9 Å². The predicted molar refractivity (Wildman–Crippen MR) is 115 cm³/mol. The molecule has 0 unspecified atom stereocenters. The molecule has 0 aliphatic carbocycles. The molecule has 3 amide bonds. The van der Waals surface area contributed by atoms with Crippen LogP contribution in [0.25, 0.3) is 0 Å². The number of hydrogen-bond donors (Lipinski definition) is 2. The summed E-state index contributed by atoms with van der Waals surface area (Å²) in [4.78, 5) is 34.5. The van der Waals surface area contributed by atoms with E-state index in [0.29, 0.717) is 10.4 Å². The number of urea groups is 1. The third kappa shape index (κ3) is 6.57. The number of ether oxygens (including phenoxy) is 1. The Morgan fingerprint density at radius 3 is 2.41 bits per heavy atom. The van der Waals surface area contributed by atoms with E-state index in [1.165, 1.54) is 31.3 Å². The van der Waals surface area contributed by atoms with Crippen molar-refractivity contribution in [2.24, 2.45) is 0 Å². The van der Waals surface area contributed by atoms with Crippen LogP contribution in [0.15, 0.2) is 66.1 Å². The molecule has 0 radical (unpaired) electrons. The van der Waals surface area contributed by atoms with Crippen molar-refractivity contribution in [2.75, 3.05) is 24.5 Å². The molecular formula is C21H20F3N3O6S. The molecule has 182 valence electrons. The zero-order valence-electron chi connectivity index (χ0n) is 17.8. The maximum absolute atomic E-state index is 13.2. The van der Waals surface area contributed by atoms with Crippen LogP contribution in [0, 0.1) is 0 Å². The van der Waals surface area contributed by atoms with Gasteiger partial charge >= 0.3 is 18.2 Å². The van der Waals surface area contributed by atoms with Gasteiger partial charge in [-0.3, -0.25) is 14.4 Å². The van der Waals surface area contributed by atoms with Gasteiger partial charge < -0.3 is 10.1 Å². The zero-order chi connectivity index (χ0) is 25.5. The molecular weight excluding hydrogens is 479 g/mol. The summed E-state index contributed by atoms with van der Waals surface area (Å²) in [5, 5.41) is 4.01. The maximum atomic E-state index is 13.2. The highest BCUT2D eigenvalue weighted by atomic mass is 32.2. The zero-order valence-corrected chi connectivity index (χ0v) is 18.6. The lowest BCUT2D eigenvalue weighted by Crippen LogP contribution is -2.39. The highest BCUT2D eigenvalue weighted by Gasteiger charge is 2.32. The smallest absolute Gasteiger partial charge is 0.416 e. The Kier molecular flexibility index (Phi) is 8.41. The lowest BCUT2D eigenvalue weighted by Gasteiger charge is -2.24. The lowest BCUT2D eigenvalue weighted by atomic mass is 10.2. The third-order valence-electron chi connectivity index (χ3n) is 4.23. The quantitative estimate of drug-likeness (QED) is 0.426. The number of imide groups is 1. The number of sulfonamides is 1. The highest BCUT2D eigenvalue weighted by Crippen LogP contribution is 2.33. The minimum Gasteiger partial charge on any atom is -0.452 e. The molecule has 0 fully saturated rings. The van der Waals surface area contributed by atoms with E-state index in [9.17, 15) is 36.0 Å². The summed E-state index contributed by atoms with van der Waals surface area (Å²) in [5.74, 6) is -1.98. The van der Waals surface area contributed by atoms with Crippen LogP contribution in [0.2, 0.25) is 0 Å². The largest absolute Gasteiger partial charge is 0.452 e. The van der Waals surface area contributed by atoms with Crippen LogP contribution >= 0.6 is 0 Å². The Morgan fingerprint density at radius 1 is 1.12 bits per heavy atom. The van der Waals surface area contributed by atoms with Crippen molar-refractivity contribution in [2.45, 2.75) is 11.1 Å². The van der Waals surface area contributed by atoms with E-state index in [4.69, 9.17) is 4.74 Å². The molecule has 0 saturated carbocycles. The number of benzene rings is 2. The van der Waals surface area contributed by atoms with E-state index in [-0.39, 0.29) is 17.8 Å². The number of esters is 1. The standard InChI is InChI=1S/C21H20F3N3O6S/c1-3-10-27(16-8-5-7-15(12-16)21(22,23)24)34(31,32)17-9-4-6-14(11-17)19(29)33-13-18(28)26-20(30)25-2/h3-9,11-12H,1,10,13H2,2H3,(H2,25,26,28,30). The van der Waals surface area contributed by atoms with Gasteiger partial charge in [0.25, 0.3) is 15.9 Å². The second-order valence-electron chi connectivity index (χ2n) is 6.60. The molecule has 2 aromatic rings. The fraction of sp³-hybridized carbons (Fsp3) is 0.190. The Morgan fingerprint density at radius 2 is 1.79 bits per heavy atom. The van der Waals surface area contributed by atoms with Gasteiger partial charge in [0.05, 0.1) is 28.3 Å². The molecule has 2 N–H and O–H groups in total. The van der Waals surface area contributed by atoms with Crippen LogP contribution in [0.1, 0.15) is 15.9 Å². The van der Waals surface area contributed by atoms with Gasteiger partial charge in [-0.15, -0.1) is 6.58 Å². The Labute approximate surface area is 193 Å². The Hall–Kier alpha value is -3.87. The summed E-state index contributed by atoms with van der Waals surface area (Å²) in [6, 6.07) is 7.49. The van der Waals surface area contributed by atoms with Gasteiger partial charge in [0.1, 0.15) is 0 Å². The number of anilines is 1. The first-order chi connectivity index (χ1) is 15.9. The number of halogens is 3. The Balaban J connectivity index is 2.32. The van der Waals surface area contributed by atoms with Crippen molar-refractivity contribution in [3.8, 4) is 0 Å². The summed E-state index contributed by atoms with van der Waals surface area (Å²) >= 11 is 0. The number of rotatable bonds is 8. The summed E-state index contributed by atoms with van der Waals surface area (Å²) in [6.07, 6.45) is -3.49. The molecule has 0 aromatic heterocycles. The molecule has 2 rings (SSSR count). The number of alkyl halides is 3. The van der Waals surface area contributed by atoms with Crippen molar-refractivity contribution in [3.05, 3.63) is 72.3 Å². The first kappa shape index (κ1) is 26.4. The molecule has 9 nitrogen and oxygen atoms in total. The predicted octanol–water partition coefficient (Wildman–Crippen LogP) is 2.70. The van der Waals surface area contributed by atoms with E-state index in [1.54, 1.807) is 0 Å². The summed E-state index contributed by atoms with van der Waals surface area (Å²) < 4.78 is 71.2. The summed E-state index contributed by atoms with van der Waals surface area (Å²) in [5.41, 5.74) is -1.54. The Bertz CT molecular complexity index is 1200. The molecule has 34 heavy (non-hydrogen) atoms. The topological polar surface area (TPSA) is 122 Å². The van der Waals surface area contributed by atoms with Crippen molar-refractivity contribution in [3.63, 3.8) is 0 Å². The number of carbonyl (C=O) groups is 3. The number of hydrogen-bond acceptors (Lipinski definition) is 6. The van der Waals surface area contributed by atoms with Gasteiger partial charge in [-0.2, -0.15) is 13.2 Å². The van der Waals surface area contributed by atoms with Crippen molar-refractivity contribution >= 4 is 33.6 Å². The van der Waals surface area contributed by atoms with Crippen molar-refractivity contribution < 1.29 is 40.7 Å². The molecule has 0 saturated heterocycles. The highest BCUT2D eigenvalue weighted by molar-refractivity contribution is 7.92. The lowest BCUT2D eigenvalue weighted by molar-refractivity contribution is -0.137. The fourth-order valence-electron chi connectivity index (χ4n) is 2.65. The molecule has 13 heteroatoms. The van der Waals surface area contributed by atoms with Gasteiger partial charge in [0, 0.05) is 7.05 Å². The normalized spacial score (nSPS) is 11.3. The van der Waals surface area contributed by atoms with Crippen molar-refractivity contribution in [1.82, 2.24) is 10.6 Å². The van der Waals surface area contributed by atoms with E-state index in [0.717, 1.165) is 24.3 Å². The van der Waals surface area contributed by atoms with Crippen LogP contribution in [0.5, 0.6) is 0 Å². The first-order valence-corrected chi connectivity index (χ1v) is 10.9. The number of carbonyl (C=O) groups excluding carboxylic acids is 3. The maximum Gasteiger partial charge on any atom is 0.416 e. The molecule has 0 bridgehead atoms. The molecule has 0 aliphatic heterocycles. The van der Waals surface area contributed by atoms with Gasteiger partial charge in [-0.1, -0.05) is 18.2 Å². The molecule has 0 aliphatic rings. The molecule has 0 spiro atoms. The molecule has 0 heterocycles. The minimum absolute atomic E-state index is 0.239. The van der Waals surface area contributed by atoms with Crippen LogP contribution in [-0.2, 0) is 25.7 Å². The van der Waals surface area contributed by atoms with Gasteiger partial charge in [-0.25, -0.2) is 18.0 Å². The SMILES string of the molecule is C=CCN(c1cccc(C(F)(F)F)c1)S(=O)(=O)c1cccc(C(=O)OCC(=O)NC(=O)NC)c1. The van der Waals surface area contributed by atoms with E-state index in [2.05, 4.69) is 11.9 Å². The molecule has 0 atom stereocenters. The van der Waals surface area contributed by atoms with Gasteiger partial charge in [0.15, 0.2) is 6.61 Å². The van der Waals surface area contributed by atoms with Crippen LogP contribution in [0.3, 0.4) is 0 Å². The van der Waals surface area contributed by atoms with E-state index in [1.807, 2.05) is 5.32 Å². The third-order valence-corrected chi connectivity index (χ3v) is 6.02. The number of nitrogens with zero attached hydrogens (tertiary/aromatic N) is 1. The second-order valence-corrected chi connectivity index (χ2v) is 8.47. The van der Waals surface area contributed by atoms with Gasteiger partial charge in [0.2, 0.25) is 0 Å². The summed E-state index contributed by atoms with van der Waals surface area (Å²) in [7, 11) is -3.16. The average Bonchev–Trinajstić information content (AvgIpc) is 2.80. The van der Waals surface area contributed by atoms with Gasteiger partial charge in [-0.05, 0) is 36.4 Å². The first-order valence-electron chi connectivity index (χ1n) is 9.49. The monoisotopic (exact) mass is 499 g/mol. The van der Waals surface area contributed by atoms with Crippen LogP contribution in [-0.4, -0.2) is 46.5 Å². The summed E-state index contributed by atoms with van der Waals surface area (Å²) in [6.45, 7) is 2.29. The second kappa shape index (κ2) is 10.8.